The molecule has 4 atom stereocenters. The minimum absolute atomic E-state index is 0.740. The fourth-order valence-electron chi connectivity index (χ4n) is 2.74. The maximum absolute atomic E-state index is 3.83. The van der Waals surface area contributed by atoms with Crippen molar-refractivity contribution in [3.8, 4) is 0 Å². The molecule has 0 aromatic heterocycles. The summed E-state index contributed by atoms with van der Waals surface area (Å²) in [7, 11) is 0. The fraction of sp³-hybridized carbons (Fsp3) is 1.00. The zero-order chi connectivity index (χ0) is 14.8. The molecule has 1 N–H and O–H groups in total. The molecule has 3 heteroatoms. The molecule has 1 rings (SSSR count). The number of hydrogen-bond acceptors (Lipinski definition) is 3. The normalized spacial score (nSPS) is 28.5. The van der Waals surface area contributed by atoms with Crippen LogP contribution in [0.1, 0.15) is 72.6 Å². The number of unbranched alkanes of at least 4 members (excludes halogenated alkanes) is 4. The summed E-state index contributed by atoms with van der Waals surface area (Å²) in [5, 5.41) is 6.29. The average Bonchev–Trinajstić information content (AvgIpc) is 2.45. The first kappa shape index (κ1) is 18.7. The molecule has 0 amide bonds. The Hall–Kier alpha value is 0.660. The first-order valence-electron chi connectivity index (χ1n) is 8.69. The van der Waals surface area contributed by atoms with E-state index < -0.39 is 0 Å². The molecule has 0 bridgehead atoms. The third-order valence-electron chi connectivity index (χ3n) is 4.30. The van der Waals surface area contributed by atoms with E-state index in [1.165, 1.54) is 57.2 Å². The van der Waals surface area contributed by atoms with E-state index in [0.29, 0.717) is 0 Å². The molecule has 1 fully saturated rings. The van der Waals surface area contributed by atoms with Crippen molar-refractivity contribution < 1.29 is 0 Å². The Morgan fingerprint density at radius 3 is 2.40 bits per heavy atom. The Bertz CT molecular complexity index is 235. The third-order valence-corrected chi connectivity index (χ3v) is 7.85. The lowest BCUT2D eigenvalue weighted by Gasteiger charge is -2.36. The largest absolute Gasteiger partial charge is 0.313 e. The molecule has 1 saturated heterocycles. The van der Waals surface area contributed by atoms with Gasteiger partial charge in [0.05, 0.1) is 0 Å². The second-order valence-electron chi connectivity index (χ2n) is 6.18. The van der Waals surface area contributed by atoms with Gasteiger partial charge in [0.25, 0.3) is 0 Å². The minimum atomic E-state index is 0.740. The topological polar surface area (TPSA) is 12.0 Å². The molecule has 1 aliphatic heterocycles. The molecule has 20 heavy (non-hydrogen) atoms. The summed E-state index contributed by atoms with van der Waals surface area (Å²) in [5.41, 5.74) is 0. The Balaban J connectivity index is 2.34. The zero-order valence-corrected chi connectivity index (χ0v) is 15.6. The minimum Gasteiger partial charge on any atom is -0.313 e. The standard InChI is InChI=1S/C17H35NS2/c1-5-7-8-9-10-11-16(18-12-6-2)17-13-19-14(3)15(4)20-17/h14-18H,5-13H2,1-4H3. The molecule has 0 saturated carbocycles. The molecule has 0 aromatic rings. The van der Waals surface area contributed by atoms with E-state index in [1.807, 2.05) is 0 Å². The van der Waals surface area contributed by atoms with Gasteiger partial charge >= 0.3 is 0 Å². The van der Waals surface area contributed by atoms with E-state index >= 15 is 0 Å². The van der Waals surface area contributed by atoms with E-state index in [1.54, 1.807) is 0 Å². The van der Waals surface area contributed by atoms with Crippen LogP contribution in [-0.2, 0) is 0 Å². The number of nitrogens with one attached hydrogen (secondary N) is 1. The van der Waals surface area contributed by atoms with Crippen LogP contribution in [0.5, 0.6) is 0 Å². The van der Waals surface area contributed by atoms with Crippen molar-refractivity contribution in [1.29, 1.82) is 0 Å². The van der Waals surface area contributed by atoms with Crippen molar-refractivity contribution in [2.75, 3.05) is 12.3 Å². The van der Waals surface area contributed by atoms with Crippen LogP contribution >= 0.6 is 23.5 Å². The summed E-state index contributed by atoms with van der Waals surface area (Å²) >= 11 is 4.42. The Labute approximate surface area is 135 Å². The van der Waals surface area contributed by atoms with Gasteiger partial charge in [0.2, 0.25) is 0 Å². The summed E-state index contributed by atoms with van der Waals surface area (Å²) in [6, 6.07) is 0.740. The molecular formula is C17H35NS2. The van der Waals surface area contributed by atoms with Gasteiger partial charge in [0.1, 0.15) is 0 Å². The molecule has 1 heterocycles. The maximum Gasteiger partial charge on any atom is 0.0294 e. The number of hydrogen-bond donors (Lipinski definition) is 1. The quantitative estimate of drug-likeness (QED) is 0.546. The van der Waals surface area contributed by atoms with E-state index in [2.05, 4.69) is 56.5 Å². The molecule has 0 radical (unpaired) electrons. The number of thioether (sulfide) groups is 2. The highest BCUT2D eigenvalue weighted by molar-refractivity contribution is 8.07. The van der Waals surface area contributed by atoms with Crippen LogP contribution in [0.2, 0.25) is 0 Å². The first-order chi connectivity index (χ1) is 9.69. The van der Waals surface area contributed by atoms with Crippen molar-refractivity contribution in [1.82, 2.24) is 5.32 Å². The molecule has 0 spiro atoms. The molecule has 4 unspecified atom stereocenters. The molecule has 0 aromatic carbocycles. The third kappa shape index (κ3) is 7.09. The lowest BCUT2D eigenvalue weighted by Crippen LogP contribution is -2.43. The van der Waals surface area contributed by atoms with Crippen LogP contribution in [0.15, 0.2) is 0 Å². The lowest BCUT2D eigenvalue weighted by molar-refractivity contribution is 0.451. The van der Waals surface area contributed by atoms with Crippen molar-refractivity contribution >= 4 is 23.5 Å². The van der Waals surface area contributed by atoms with E-state index in [4.69, 9.17) is 0 Å². The fourth-order valence-corrected chi connectivity index (χ4v) is 5.91. The van der Waals surface area contributed by atoms with Crippen LogP contribution in [0.3, 0.4) is 0 Å². The summed E-state index contributed by atoms with van der Waals surface area (Å²) in [6.45, 7) is 10.6. The molecule has 1 aliphatic rings. The summed E-state index contributed by atoms with van der Waals surface area (Å²) in [4.78, 5) is 0. The van der Waals surface area contributed by atoms with Gasteiger partial charge < -0.3 is 5.32 Å². The highest BCUT2D eigenvalue weighted by atomic mass is 32.2. The highest BCUT2D eigenvalue weighted by Gasteiger charge is 2.30. The maximum atomic E-state index is 3.83. The van der Waals surface area contributed by atoms with Gasteiger partial charge in [0.15, 0.2) is 0 Å². The second kappa shape index (κ2) is 11.3. The molecule has 120 valence electrons. The monoisotopic (exact) mass is 317 g/mol. The first-order valence-corrected chi connectivity index (χ1v) is 10.7. The SMILES string of the molecule is CCCCCCCC(NCCC)C1CSC(C)C(C)S1. The van der Waals surface area contributed by atoms with Crippen LogP contribution < -0.4 is 5.32 Å². The van der Waals surface area contributed by atoms with Crippen LogP contribution in [0.4, 0.5) is 0 Å². The van der Waals surface area contributed by atoms with Crippen molar-refractivity contribution in [3.05, 3.63) is 0 Å². The molecule has 0 aliphatic carbocycles. The van der Waals surface area contributed by atoms with E-state index in [9.17, 15) is 0 Å². The van der Waals surface area contributed by atoms with E-state index in [0.717, 1.165) is 21.8 Å². The van der Waals surface area contributed by atoms with Crippen LogP contribution in [-0.4, -0.2) is 34.1 Å². The summed E-state index contributed by atoms with van der Waals surface area (Å²) in [5.74, 6) is 1.34. The van der Waals surface area contributed by atoms with Crippen molar-refractivity contribution in [2.45, 2.75) is 94.4 Å². The van der Waals surface area contributed by atoms with E-state index in [-0.39, 0.29) is 0 Å². The van der Waals surface area contributed by atoms with Gasteiger partial charge in [-0.1, -0.05) is 59.8 Å². The summed E-state index contributed by atoms with van der Waals surface area (Å²) in [6.07, 6.45) is 9.65. The zero-order valence-electron chi connectivity index (χ0n) is 14.0. The molecule has 1 nitrogen and oxygen atoms in total. The molecular weight excluding hydrogens is 282 g/mol. The smallest absolute Gasteiger partial charge is 0.0294 e. The van der Waals surface area contributed by atoms with Crippen LogP contribution in [0.25, 0.3) is 0 Å². The van der Waals surface area contributed by atoms with Gasteiger partial charge in [0, 0.05) is 27.5 Å². The second-order valence-corrected chi connectivity index (χ2v) is 9.21. The summed E-state index contributed by atoms with van der Waals surface area (Å²) < 4.78 is 0. The van der Waals surface area contributed by atoms with Gasteiger partial charge in [-0.2, -0.15) is 23.5 Å². The van der Waals surface area contributed by atoms with Gasteiger partial charge in [-0.3, -0.25) is 0 Å². The number of rotatable bonds is 10. The lowest BCUT2D eigenvalue weighted by atomic mass is 10.0. The Morgan fingerprint density at radius 2 is 1.75 bits per heavy atom. The predicted octanol–water partition coefficient (Wildman–Crippen LogP) is 5.34. The van der Waals surface area contributed by atoms with Gasteiger partial charge in [-0.15, -0.1) is 0 Å². The van der Waals surface area contributed by atoms with Gasteiger partial charge in [-0.25, -0.2) is 0 Å². The van der Waals surface area contributed by atoms with Crippen molar-refractivity contribution in [3.63, 3.8) is 0 Å². The van der Waals surface area contributed by atoms with Crippen LogP contribution in [0, 0.1) is 0 Å². The van der Waals surface area contributed by atoms with Gasteiger partial charge in [-0.05, 0) is 19.4 Å². The Kier molecular flexibility index (Phi) is 10.5. The predicted molar refractivity (Wildman–Crippen MR) is 98.2 cm³/mol. The Morgan fingerprint density at radius 1 is 1.00 bits per heavy atom. The van der Waals surface area contributed by atoms with Crippen molar-refractivity contribution in [2.24, 2.45) is 0 Å². The highest BCUT2D eigenvalue weighted by Crippen LogP contribution is 2.37. The average molecular weight is 318 g/mol.